The lowest BCUT2D eigenvalue weighted by molar-refractivity contribution is -0.122. The van der Waals surface area contributed by atoms with Crippen molar-refractivity contribution in [2.75, 3.05) is 0 Å². The van der Waals surface area contributed by atoms with Gasteiger partial charge < -0.3 is 5.73 Å². The maximum Gasteiger partial charge on any atom is 0.318 e. The Bertz CT molecular complexity index is 599. The molecule has 0 saturated carbocycles. The highest BCUT2D eigenvalue weighted by molar-refractivity contribution is 5.96. The lowest BCUT2D eigenvalue weighted by atomic mass is 10.1. The van der Waals surface area contributed by atoms with Crippen molar-refractivity contribution in [2.45, 2.75) is 12.6 Å². The number of rotatable bonds is 5. The molecule has 108 valence electrons. The van der Waals surface area contributed by atoms with E-state index in [9.17, 15) is 9.59 Å². The lowest BCUT2D eigenvalue weighted by Gasteiger charge is -2.18. The Morgan fingerprint density at radius 1 is 0.952 bits per heavy atom. The molecule has 2 aromatic carbocycles. The standard InChI is InChI=1S/C16H17N3O2/c17-16(21)19-15(20)14(13-9-5-2-6-10-13)18-11-12-7-3-1-4-8-12/h1-10,14,18H,11H2,(H3,17,19,20,21)/t14-/m1/s1. The van der Waals surface area contributed by atoms with E-state index in [-0.39, 0.29) is 0 Å². The molecule has 0 aliphatic carbocycles. The molecule has 2 rings (SSSR count). The average Bonchev–Trinajstić information content (AvgIpc) is 2.49. The molecule has 0 unspecified atom stereocenters. The van der Waals surface area contributed by atoms with E-state index in [1.54, 1.807) is 0 Å². The highest BCUT2D eigenvalue weighted by atomic mass is 16.2. The van der Waals surface area contributed by atoms with Crippen LogP contribution < -0.4 is 16.4 Å². The number of hydrogen-bond acceptors (Lipinski definition) is 3. The molecule has 0 heterocycles. The SMILES string of the molecule is NC(=O)NC(=O)[C@H](NCc1ccccc1)c1ccccc1. The maximum absolute atomic E-state index is 12.1. The number of urea groups is 1. The van der Waals surface area contributed by atoms with Crippen LogP contribution in [-0.2, 0) is 11.3 Å². The average molecular weight is 283 g/mol. The van der Waals surface area contributed by atoms with Gasteiger partial charge in [-0.15, -0.1) is 0 Å². The number of primary amides is 1. The molecule has 0 radical (unpaired) electrons. The molecular weight excluding hydrogens is 266 g/mol. The summed E-state index contributed by atoms with van der Waals surface area (Å²) in [5, 5.41) is 5.25. The van der Waals surface area contributed by atoms with Crippen LogP contribution >= 0.6 is 0 Å². The van der Waals surface area contributed by atoms with Gasteiger partial charge >= 0.3 is 6.03 Å². The van der Waals surface area contributed by atoms with Crippen molar-refractivity contribution in [1.82, 2.24) is 10.6 Å². The lowest BCUT2D eigenvalue weighted by Crippen LogP contribution is -2.42. The van der Waals surface area contributed by atoms with E-state index in [2.05, 4.69) is 10.6 Å². The summed E-state index contributed by atoms with van der Waals surface area (Å²) in [5.74, 6) is -0.468. The molecule has 0 aromatic heterocycles. The predicted molar refractivity (Wildman–Crippen MR) is 80.2 cm³/mol. The van der Waals surface area contributed by atoms with Crippen LogP contribution in [0.25, 0.3) is 0 Å². The molecule has 21 heavy (non-hydrogen) atoms. The highest BCUT2D eigenvalue weighted by Crippen LogP contribution is 2.13. The molecule has 0 spiro atoms. The fourth-order valence-electron chi connectivity index (χ4n) is 2.02. The van der Waals surface area contributed by atoms with Gasteiger partial charge in [-0.2, -0.15) is 0 Å². The van der Waals surface area contributed by atoms with E-state index in [4.69, 9.17) is 5.73 Å². The Labute approximate surface area is 123 Å². The Morgan fingerprint density at radius 2 is 1.52 bits per heavy atom. The van der Waals surface area contributed by atoms with Gasteiger partial charge in [0, 0.05) is 6.54 Å². The quantitative estimate of drug-likeness (QED) is 0.781. The number of carbonyl (C=O) groups is 2. The first-order valence-corrected chi connectivity index (χ1v) is 6.59. The van der Waals surface area contributed by atoms with Crippen LogP contribution in [0.1, 0.15) is 17.2 Å². The number of nitrogens with two attached hydrogens (primary N) is 1. The minimum atomic E-state index is -0.859. The normalized spacial score (nSPS) is 11.6. The van der Waals surface area contributed by atoms with Crippen molar-refractivity contribution < 1.29 is 9.59 Å². The van der Waals surface area contributed by atoms with E-state index in [0.29, 0.717) is 6.54 Å². The zero-order valence-corrected chi connectivity index (χ0v) is 11.5. The summed E-state index contributed by atoms with van der Waals surface area (Å²) in [5.41, 5.74) is 6.83. The Hall–Kier alpha value is -2.66. The molecule has 5 heteroatoms. The van der Waals surface area contributed by atoms with Crippen LogP contribution in [-0.4, -0.2) is 11.9 Å². The smallest absolute Gasteiger partial charge is 0.318 e. The third-order valence-electron chi connectivity index (χ3n) is 2.99. The summed E-state index contributed by atoms with van der Waals surface area (Å²) in [6.45, 7) is 0.507. The van der Waals surface area contributed by atoms with E-state index in [0.717, 1.165) is 11.1 Å². The third kappa shape index (κ3) is 4.43. The summed E-state index contributed by atoms with van der Waals surface area (Å²) in [7, 11) is 0. The largest absolute Gasteiger partial charge is 0.351 e. The second-order valence-electron chi connectivity index (χ2n) is 4.56. The summed E-state index contributed by atoms with van der Waals surface area (Å²) in [6.07, 6.45) is 0. The van der Waals surface area contributed by atoms with Crippen LogP contribution in [0.5, 0.6) is 0 Å². The number of benzene rings is 2. The summed E-state index contributed by atoms with van der Waals surface area (Å²) in [6, 6.07) is 17.4. The molecule has 0 bridgehead atoms. The van der Waals surface area contributed by atoms with Gasteiger partial charge in [-0.3, -0.25) is 15.4 Å². The van der Waals surface area contributed by atoms with Crippen molar-refractivity contribution in [3.8, 4) is 0 Å². The summed E-state index contributed by atoms with van der Waals surface area (Å²) in [4.78, 5) is 23.0. The van der Waals surface area contributed by atoms with E-state index < -0.39 is 18.0 Å². The van der Waals surface area contributed by atoms with Gasteiger partial charge in [0.25, 0.3) is 0 Å². The molecule has 0 aliphatic rings. The topological polar surface area (TPSA) is 84.2 Å². The fraction of sp³-hybridized carbons (Fsp3) is 0.125. The molecular formula is C16H17N3O2. The molecule has 0 saturated heterocycles. The number of carbonyl (C=O) groups excluding carboxylic acids is 2. The van der Waals surface area contributed by atoms with Crippen LogP contribution in [0.3, 0.4) is 0 Å². The first-order chi connectivity index (χ1) is 10.2. The van der Waals surface area contributed by atoms with E-state index in [1.807, 2.05) is 60.7 Å². The Morgan fingerprint density at radius 3 is 2.10 bits per heavy atom. The van der Waals surface area contributed by atoms with Crippen LogP contribution in [0.15, 0.2) is 60.7 Å². The van der Waals surface area contributed by atoms with Gasteiger partial charge in [-0.1, -0.05) is 60.7 Å². The fourth-order valence-corrected chi connectivity index (χ4v) is 2.02. The molecule has 2 aromatic rings. The number of amides is 3. The van der Waals surface area contributed by atoms with Crippen molar-refractivity contribution >= 4 is 11.9 Å². The van der Waals surface area contributed by atoms with Crippen molar-refractivity contribution in [2.24, 2.45) is 5.73 Å². The van der Waals surface area contributed by atoms with Crippen molar-refractivity contribution in [3.05, 3.63) is 71.8 Å². The highest BCUT2D eigenvalue weighted by Gasteiger charge is 2.20. The zero-order valence-electron chi connectivity index (χ0n) is 11.5. The second kappa shape index (κ2) is 7.21. The zero-order chi connectivity index (χ0) is 15.1. The molecule has 1 atom stereocenters. The molecule has 0 fully saturated rings. The Kier molecular flexibility index (Phi) is 5.06. The minimum absolute atomic E-state index is 0.468. The minimum Gasteiger partial charge on any atom is -0.351 e. The number of hydrogen-bond donors (Lipinski definition) is 3. The van der Waals surface area contributed by atoms with Crippen LogP contribution in [0.2, 0.25) is 0 Å². The van der Waals surface area contributed by atoms with Gasteiger partial charge in [0.1, 0.15) is 6.04 Å². The summed E-state index contributed by atoms with van der Waals surface area (Å²) >= 11 is 0. The second-order valence-corrected chi connectivity index (χ2v) is 4.56. The van der Waals surface area contributed by atoms with Gasteiger partial charge in [0.15, 0.2) is 0 Å². The van der Waals surface area contributed by atoms with E-state index in [1.165, 1.54) is 0 Å². The molecule has 4 N–H and O–H groups in total. The van der Waals surface area contributed by atoms with Gasteiger partial charge in [0.2, 0.25) is 5.91 Å². The van der Waals surface area contributed by atoms with Crippen molar-refractivity contribution in [1.29, 1.82) is 0 Å². The van der Waals surface area contributed by atoms with E-state index >= 15 is 0 Å². The molecule has 3 amide bonds. The van der Waals surface area contributed by atoms with Crippen molar-refractivity contribution in [3.63, 3.8) is 0 Å². The van der Waals surface area contributed by atoms with Gasteiger partial charge in [0.05, 0.1) is 0 Å². The number of nitrogens with one attached hydrogen (secondary N) is 2. The first-order valence-electron chi connectivity index (χ1n) is 6.59. The molecule has 5 nitrogen and oxygen atoms in total. The summed E-state index contributed by atoms with van der Waals surface area (Å²) < 4.78 is 0. The maximum atomic E-state index is 12.1. The predicted octanol–water partition coefficient (Wildman–Crippen LogP) is 1.71. The number of imide groups is 1. The van der Waals surface area contributed by atoms with Gasteiger partial charge in [-0.25, -0.2) is 4.79 Å². The third-order valence-corrected chi connectivity index (χ3v) is 2.99. The first kappa shape index (κ1) is 14.7. The Balaban J connectivity index is 2.12. The van der Waals surface area contributed by atoms with Crippen LogP contribution in [0, 0.1) is 0 Å². The van der Waals surface area contributed by atoms with Crippen LogP contribution in [0.4, 0.5) is 4.79 Å². The van der Waals surface area contributed by atoms with Gasteiger partial charge in [-0.05, 0) is 11.1 Å². The molecule has 0 aliphatic heterocycles. The monoisotopic (exact) mass is 283 g/mol.